The second-order valence-electron chi connectivity index (χ2n) is 3.94. The van der Waals surface area contributed by atoms with Crippen molar-refractivity contribution in [2.24, 2.45) is 0 Å². The predicted molar refractivity (Wildman–Crippen MR) is 65.8 cm³/mol. The first-order chi connectivity index (χ1) is 10.2. The van der Waals surface area contributed by atoms with Crippen LogP contribution in [-0.4, -0.2) is 23.9 Å². The summed E-state index contributed by atoms with van der Waals surface area (Å²) in [6.07, 6.45) is -8.10. The molecule has 0 amide bonds. The number of hydrogen-bond acceptors (Lipinski definition) is 4. The van der Waals surface area contributed by atoms with Crippen molar-refractivity contribution in [3.8, 4) is 5.88 Å². The predicted octanol–water partition coefficient (Wildman–Crippen LogP) is 3.76. The van der Waals surface area contributed by atoms with Gasteiger partial charge in [-0.25, -0.2) is 13.8 Å². The molecule has 1 aromatic heterocycles. The number of carbonyl (C=O) groups is 1. The number of rotatable bonds is 6. The first-order valence-corrected chi connectivity index (χ1v) is 6.49. The number of esters is 1. The molecule has 0 aliphatic heterocycles. The Kier molecular flexibility index (Phi) is 6.34. The molecule has 0 aromatic carbocycles. The fourth-order valence-corrected chi connectivity index (χ4v) is 1.96. The summed E-state index contributed by atoms with van der Waals surface area (Å²) in [5.41, 5.74) is -1.69. The molecule has 10 heteroatoms. The van der Waals surface area contributed by atoms with Crippen molar-refractivity contribution >= 4 is 17.6 Å². The summed E-state index contributed by atoms with van der Waals surface area (Å²) in [5.74, 6) is -2.56. The Balaban J connectivity index is 3.28. The molecule has 1 rings (SSSR count). The van der Waals surface area contributed by atoms with Crippen LogP contribution in [0.1, 0.15) is 30.0 Å². The van der Waals surface area contributed by atoms with E-state index in [9.17, 15) is 26.7 Å². The molecular formula is C12H11ClF5NO3. The van der Waals surface area contributed by atoms with Crippen LogP contribution in [0, 0.1) is 0 Å². The Hall–Kier alpha value is -1.64. The van der Waals surface area contributed by atoms with Crippen LogP contribution >= 0.6 is 11.6 Å². The van der Waals surface area contributed by atoms with Crippen LogP contribution in [0.25, 0.3) is 0 Å². The molecule has 0 radical (unpaired) electrons. The van der Waals surface area contributed by atoms with Crippen LogP contribution < -0.4 is 4.74 Å². The van der Waals surface area contributed by atoms with E-state index in [1.54, 1.807) is 0 Å². The fraction of sp³-hybridized carbons (Fsp3) is 0.500. The van der Waals surface area contributed by atoms with Crippen LogP contribution in [0.15, 0.2) is 6.20 Å². The van der Waals surface area contributed by atoms with Crippen LogP contribution in [0.5, 0.6) is 5.88 Å². The molecule has 0 unspecified atom stereocenters. The van der Waals surface area contributed by atoms with Gasteiger partial charge >= 0.3 is 12.3 Å². The van der Waals surface area contributed by atoms with Crippen molar-refractivity contribution in [2.75, 3.05) is 6.61 Å². The summed E-state index contributed by atoms with van der Waals surface area (Å²) in [6, 6.07) is 0. The largest absolute Gasteiger partial charge is 0.574 e. The van der Waals surface area contributed by atoms with Crippen LogP contribution in [0.4, 0.5) is 22.0 Å². The second-order valence-corrected chi connectivity index (χ2v) is 4.21. The molecule has 0 aliphatic rings. The zero-order valence-electron chi connectivity index (χ0n) is 11.2. The van der Waals surface area contributed by atoms with E-state index in [-0.39, 0.29) is 12.2 Å². The molecule has 1 heterocycles. The van der Waals surface area contributed by atoms with Crippen molar-refractivity contribution in [3.05, 3.63) is 22.9 Å². The van der Waals surface area contributed by atoms with E-state index < -0.39 is 48.1 Å². The highest BCUT2D eigenvalue weighted by atomic mass is 35.5. The van der Waals surface area contributed by atoms with Crippen molar-refractivity contribution in [2.45, 2.75) is 32.0 Å². The summed E-state index contributed by atoms with van der Waals surface area (Å²) in [4.78, 5) is 14.7. The quantitative estimate of drug-likeness (QED) is 0.446. The zero-order valence-corrected chi connectivity index (χ0v) is 12.0. The Morgan fingerprint density at radius 1 is 1.41 bits per heavy atom. The third-order valence-electron chi connectivity index (χ3n) is 2.47. The van der Waals surface area contributed by atoms with Gasteiger partial charge < -0.3 is 9.47 Å². The third kappa shape index (κ3) is 4.97. The lowest BCUT2D eigenvalue weighted by molar-refractivity contribution is -0.276. The summed E-state index contributed by atoms with van der Waals surface area (Å²) in [7, 11) is 0. The molecule has 0 N–H and O–H groups in total. The number of hydrogen-bond donors (Lipinski definition) is 0. The lowest BCUT2D eigenvalue weighted by Crippen LogP contribution is -2.20. The van der Waals surface area contributed by atoms with Gasteiger partial charge in [0.2, 0.25) is 5.88 Å². The molecule has 1 aromatic rings. The smallest absolute Gasteiger partial charge is 0.466 e. The van der Waals surface area contributed by atoms with Crippen molar-refractivity contribution in [3.63, 3.8) is 0 Å². The molecule has 4 nitrogen and oxygen atoms in total. The Labute approximate surface area is 127 Å². The number of aromatic nitrogens is 1. The minimum absolute atomic E-state index is 0.0356. The van der Waals surface area contributed by atoms with Gasteiger partial charge in [0, 0.05) is 17.3 Å². The topological polar surface area (TPSA) is 48.4 Å². The van der Waals surface area contributed by atoms with Gasteiger partial charge in [-0.15, -0.1) is 24.8 Å². The maximum atomic E-state index is 13.1. The van der Waals surface area contributed by atoms with Gasteiger partial charge in [0.25, 0.3) is 6.43 Å². The van der Waals surface area contributed by atoms with E-state index in [1.807, 2.05) is 0 Å². The number of pyridine rings is 1. The lowest BCUT2D eigenvalue weighted by atomic mass is 10.0. The maximum Gasteiger partial charge on any atom is 0.574 e. The van der Waals surface area contributed by atoms with Gasteiger partial charge in [0.05, 0.1) is 18.9 Å². The first-order valence-electron chi connectivity index (χ1n) is 5.95. The van der Waals surface area contributed by atoms with Gasteiger partial charge in [-0.05, 0) is 12.5 Å². The number of alkyl halides is 6. The molecule has 0 saturated heterocycles. The molecule has 0 aliphatic carbocycles. The zero-order chi connectivity index (χ0) is 16.9. The van der Waals surface area contributed by atoms with Gasteiger partial charge in [-0.1, -0.05) is 0 Å². The van der Waals surface area contributed by atoms with E-state index in [2.05, 4.69) is 14.5 Å². The van der Waals surface area contributed by atoms with E-state index in [1.165, 1.54) is 6.92 Å². The summed E-state index contributed by atoms with van der Waals surface area (Å²) < 4.78 is 71.2. The van der Waals surface area contributed by atoms with Crippen molar-refractivity contribution in [1.29, 1.82) is 0 Å². The number of nitrogens with zero attached hydrogens (tertiary/aromatic N) is 1. The first kappa shape index (κ1) is 18.4. The fourth-order valence-electron chi connectivity index (χ4n) is 1.70. The average Bonchev–Trinajstić information content (AvgIpc) is 2.38. The summed E-state index contributed by atoms with van der Waals surface area (Å²) in [6.45, 7) is 1.56. The van der Waals surface area contributed by atoms with E-state index in [0.717, 1.165) is 6.20 Å². The number of carbonyl (C=O) groups excluding carboxylic acids is 1. The standard InChI is InChI=1S/C12H11ClF5NO3/c1-2-21-8(20)3-6-5-19-11(22-12(16,17)18)7(4-13)9(6)10(14)15/h5,10H,2-4H2,1H3. The van der Waals surface area contributed by atoms with Gasteiger partial charge in [0.15, 0.2) is 0 Å². The summed E-state index contributed by atoms with van der Waals surface area (Å²) in [5, 5.41) is 0. The SMILES string of the molecule is CCOC(=O)Cc1cnc(OC(F)(F)F)c(CCl)c1C(F)F. The monoisotopic (exact) mass is 347 g/mol. The van der Waals surface area contributed by atoms with E-state index in [4.69, 9.17) is 11.6 Å². The average molecular weight is 348 g/mol. The van der Waals surface area contributed by atoms with Gasteiger partial charge in [-0.3, -0.25) is 4.79 Å². The van der Waals surface area contributed by atoms with Crippen LogP contribution in [0.3, 0.4) is 0 Å². The Morgan fingerprint density at radius 2 is 2.05 bits per heavy atom. The number of halogens is 6. The molecule has 0 atom stereocenters. The highest BCUT2D eigenvalue weighted by Crippen LogP contribution is 2.35. The molecule has 124 valence electrons. The lowest BCUT2D eigenvalue weighted by Gasteiger charge is -2.17. The van der Waals surface area contributed by atoms with Gasteiger partial charge in [-0.2, -0.15) is 0 Å². The Bertz CT molecular complexity index is 536. The normalized spacial score (nSPS) is 11.6. The highest BCUT2D eigenvalue weighted by molar-refractivity contribution is 6.17. The summed E-state index contributed by atoms with van der Waals surface area (Å²) >= 11 is 5.44. The molecule has 0 fully saturated rings. The van der Waals surface area contributed by atoms with Crippen LogP contribution in [0.2, 0.25) is 0 Å². The molecular weight excluding hydrogens is 337 g/mol. The maximum absolute atomic E-state index is 13.1. The molecule has 0 saturated carbocycles. The minimum atomic E-state index is -5.10. The van der Waals surface area contributed by atoms with Crippen LogP contribution in [-0.2, 0) is 21.8 Å². The molecule has 22 heavy (non-hydrogen) atoms. The van der Waals surface area contributed by atoms with E-state index in [0.29, 0.717) is 0 Å². The van der Waals surface area contributed by atoms with Crippen molar-refractivity contribution < 1.29 is 36.2 Å². The third-order valence-corrected chi connectivity index (χ3v) is 2.74. The molecule has 0 spiro atoms. The second kappa shape index (κ2) is 7.57. The van der Waals surface area contributed by atoms with Crippen molar-refractivity contribution in [1.82, 2.24) is 4.98 Å². The molecule has 0 bridgehead atoms. The number of ether oxygens (including phenoxy) is 2. The minimum Gasteiger partial charge on any atom is -0.466 e. The van der Waals surface area contributed by atoms with Gasteiger partial charge in [0.1, 0.15) is 0 Å². The Morgan fingerprint density at radius 3 is 2.50 bits per heavy atom. The highest BCUT2D eigenvalue weighted by Gasteiger charge is 2.34. The van der Waals surface area contributed by atoms with E-state index >= 15 is 0 Å².